The minimum Gasteiger partial charge on any atom is -0.348 e. The summed E-state index contributed by atoms with van der Waals surface area (Å²) >= 11 is 4.84. The lowest BCUT2D eigenvalue weighted by molar-refractivity contribution is 0.0942. The summed E-state index contributed by atoms with van der Waals surface area (Å²) in [6, 6.07) is 12.4. The van der Waals surface area contributed by atoms with Crippen molar-refractivity contribution in [3.8, 4) is 0 Å². The van der Waals surface area contributed by atoms with Gasteiger partial charge in [0.05, 0.1) is 8.66 Å². The first-order valence-corrected chi connectivity index (χ1v) is 7.46. The molecule has 0 radical (unpaired) electrons. The number of halogens is 1. The highest BCUT2D eigenvalue weighted by molar-refractivity contribution is 9.11. The van der Waals surface area contributed by atoms with E-state index in [1.165, 1.54) is 22.5 Å². The van der Waals surface area contributed by atoms with Crippen LogP contribution in [0.25, 0.3) is 0 Å². The van der Waals surface area contributed by atoms with Gasteiger partial charge in [0.25, 0.3) is 5.91 Å². The first kappa shape index (κ1) is 11.9. The van der Waals surface area contributed by atoms with Crippen molar-refractivity contribution in [3.05, 3.63) is 56.2 Å². The molecular weight excluding hydrogens is 310 g/mol. The van der Waals surface area contributed by atoms with Gasteiger partial charge in [-0.15, -0.1) is 11.3 Å². The summed E-state index contributed by atoms with van der Waals surface area (Å²) in [7, 11) is 0. The Balaban J connectivity index is 1.68. The number of nitrogens with one attached hydrogen (secondary N) is 1. The molecule has 0 saturated carbocycles. The molecule has 1 aromatic carbocycles. The van der Waals surface area contributed by atoms with Crippen LogP contribution >= 0.6 is 27.3 Å². The van der Waals surface area contributed by atoms with E-state index in [9.17, 15) is 4.79 Å². The fraction of sp³-hybridized carbons (Fsp3) is 0.214. The smallest absolute Gasteiger partial charge is 0.261 e. The fourth-order valence-corrected chi connectivity index (χ4v) is 3.64. The first-order chi connectivity index (χ1) is 8.72. The number of thiophene rings is 1. The largest absolute Gasteiger partial charge is 0.348 e. The number of hydrogen-bond donors (Lipinski definition) is 1. The lowest BCUT2D eigenvalue weighted by Gasteiger charge is -2.10. The Morgan fingerprint density at radius 1 is 1.17 bits per heavy atom. The highest BCUT2D eigenvalue weighted by Gasteiger charge is 2.23. The van der Waals surface area contributed by atoms with Crippen molar-refractivity contribution in [2.75, 3.05) is 0 Å². The second kappa shape index (κ2) is 4.86. The maximum atomic E-state index is 12.0. The van der Waals surface area contributed by atoms with Crippen LogP contribution in [0.4, 0.5) is 0 Å². The Kier molecular flexibility index (Phi) is 3.22. The molecule has 0 atom stereocenters. The minimum atomic E-state index is 0.0310. The molecule has 0 aliphatic heterocycles. The predicted molar refractivity (Wildman–Crippen MR) is 77.1 cm³/mol. The zero-order chi connectivity index (χ0) is 12.5. The standard InChI is InChI=1S/C14H12BrNOS/c15-13-6-5-12(18-13)14(17)16-11-7-9-3-1-2-4-10(9)8-11/h1-6,11H,7-8H2,(H,16,17). The van der Waals surface area contributed by atoms with E-state index in [1.807, 2.05) is 12.1 Å². The van der Waals surface area contributed by atoms with Crippen molar-refractivity contribution >= 4 is 33.2 Å². The molecule has 4 heteroatoms. The van der Waals surface area contributed by atoms with E-state index in [-0.39, 0.29) is 11.9 Å². The second-order valence-corrected chi connectivity index (χ2v) is 6.91. The van der Waals surface area contributed by atoms with Gasteiger partial charge in [-0.2, -0.15) is 0 Å². The molecule has 0 fully saturated rings. The summed E-state index contributed by atoms with van der Waals surface area (Å²) in [6.07, 6.45) is 1.88. The molecule has 2 nitrogen and oxygen atoms in total. The molecule has 92 valence electrons. The zero-order valence-electron chi connectivity index (χ0n) is 9.65. The molecule has 0 bridgehead atoms. The summed E-state index contributed by atoms with van der Waals surface area (Å²) in [4.78, 5) is 12.8. The van der Waals surface area contributed by atoms with Crippen LogP contribution < -0.4 is 5.32 Å². The second-order valence-electron chi connectivity index (χ2n) is 4.45. The molecule has 2 aromatic rings. The van der Waals surface area contributed by atoms with Crippen molar-refractivity contribution in [1.29, 1.82) is 0 Å². The molecule has 1 aliphatic rings. The van der Waals surface area contributed by atoms with E-state index in [2.05, 4.69) is 45.5 Å². The third-order valence-electron chi connectivity index (χ3n) is 3.18. The Hall–Kier alpha value is -1.13. The highest BCUT2D eigenvalue weighted by atomic mass is 79.9. The number of rotatable bonds is 2. The summed E-state index contributed by atoms with van der Waals surface area (Å²) in [5, 5.41) is 3.11. The van der Waals surface area contributed by atoms with E-state index >= 15 is 0 Å². The number of amides is 1. The number of carbonyl (C=O) groups is 1. The number of hydrogen-bond acceptors (Lipinski definition) is 2. The van der Waals surface area contributed by atoms with Crippen LogP contribution in [0, 0.1) is 0 Å². The van der Waals surface area contributed by atoms with Gasteiger partial charge in [0.1, 0.15) is 0 Å². The maximum absolute atomic E-state index is 12.0. The van der Waals surface area contributed by atoms with Gasteiger partial charge in [-0.3, -0.25) is 4.79 Å². The molecular formula is C14H12BrNOS. The molecule has 1 amide bonds. The Morgan fingerprint density at radius 3 is 2.39 bits per heavy atom. The number of benzene rings is 1. The van der Waals surface area contributed by atoms with E-state index in [4.69, 9.17) is 0 Å². The molecule has 1 N–H and O–H groups in total. The van der Waals surface area contributed by atoms with Gasteiger partial charge in [-0.1, -0.05) is 24.3 Å². The Bertz CT molecular complexity index is 568. The third-order valence-corrected chi connectivity index (χ3v) is 4.81. The topological polar surface area (TPSA) is 29.1 Å². The minimum absolute atomic E-state index is 0.0310. The summed E-state index contributed by atoms with van der Waals surface area (Å²) in [5.74, 6) is 0.0310. The van der Waals surface area contributed by atoms with Crippen molar-refractivity contribution < 1.29 is 4.79 Å². The average Bonchev–Trinajstić information content (AvgIpc) is 2.94. The average molecular weight is 322 g/mol. The van der Waals surface area contributed by atoms with Crippen molar-refractivity contribution in [2.45, 2.75) is 18.9 Å². The Morgan fingerprint density at radius 2 is 1.83 bits per heavy atom. The van der Waals surface area contributed by atoms with Crippen LogP contribution in [0.3, 0.4) is 0 Å². The molecule has 3 rings (SSSR count). The van der Waals surface area contributed by atoms with Crippen LogP contribution in [-0.4, -0.2) is 11.9 Å². The van der Waals surface area contributed by atoms with Gasteiger partial charge in [0, 0.05) is 6.04 Å². The summed E-state index contributed by atoms with van der Waals surface area (Å²) < 4.78 is 0.988. The zero-order valence-corrected chi connectivity index (χ0v) is 12.1. The highest BCUT2D eigenvalue weighted by Crippen LogP contribution is 2.24. The van der Waals surface area contributed by atoms with Gasteiger partial charge in [-0.05, 0) is 52.0 Å². The number of fused-ring (bicyclic) bond motifs is 1. The molecule has 1 heterocycles. The summed E-state index contributed by atoms with van der Waals surface area (Å²) in [6.45, 7) is 0. The van der Waals surface area contributed by atoms with Crippen molar-refractivity contribution in [1.82, 2.24) is 5.32 Å². The van der Waals surface area contributed by atoms with Gasteiger partial charge in [0.15, 0.2) is 0 Å². The molecule has 0 unspecified atom stereocenters. The van der Waals surface area contributed by atoms with E-state index in [0.29, 0.717) is 0 Å². The molecule has 1 aromatic heterocycles. The van der Waals surface area contributed by atoms with Crippen LogP contribution in [0.1, 0.15) is 20.8 Å². The van der Waals surface area contributed by atoms with E-state index < -0.39 is 0 Å². The quantitative estimate of drug-likeness (QED) is 0.902. The molecule has 0 saturated heterocycles. The predicted octanol–water partition coefficient (Wildman–Crippen LogP) is 3.41. The lowest BCUT2D eigenvalue weighted by Crippen LogP contribution is -2.34. The van der Waals surface area contributed by atoms with Gasteiger partial charge < -0.3 is 5.32 Å². The Labute approximate surface area is 118 Å². The first-order valence-electron chi connectivity index (χ1n) is 5.85. The fourth-order valence-electron chi connectivity index (χ4n) is 2.35. The number of carbonyl (C=O) groups excluding carboxylic acids is 1. The van der Waals surface area contributed by atoms with Crippen molar-refractivity contribution in [2.24, 2.45) is 0 Å². The van der Waals surface area contributed by atoms with Gasteiger partial charge in [0.2, 0.25) is 0 Å². The van der Waals surface area contributed by atoms with Gasteiger partial charge >= 0.3 is 0 Å². The van der Waals surface area contributed by atoms with Crippen molar-refractivity contribution in [3.63, 3.8) is 0 Å². The SMILES string of the molecule is O=C(NC1Cc2ccccc2C1)c1ccc(Br)s1. The lowest BCUT2D eigenvalue weighted by atomic mass is 10.1. The van der Waals surface area contributed by atoms with Crippen LogP contribution in [0.15, 0.2) is 40.2 Å². The van der Waals surface area contributed by atoms with Crippen LogP contribution in [-0.2, 0) is 12.8 Å². The van der Waals surface area contributed by atoms with Gasteiger partial charge in [-0.25, -0.2) is 0 Å². The van der Waals surface area contributed by atoms with Crippen LogP contribution in [0.5, 0.6) is 0 Å². The third kappa shape index (κ3) is 2.35. The molecule has 18 heavy (non-hydrogen) atoms. The monoisotopic (exact) mass is 321 g/mol. The van der Waals surface area contributed by atoms with Crippen LogP contribution in [0.2, 0.25) is 0 Å². The summed E-state index contributed by atoms with van der Waals surface area (Å²) in [5.41, 5.74) is 2.71. The molecule has 1 aliphatic carbocycles. The van der Waals surface area contributed by atoms with E-state index in [0.717, 1.165) is 21.5 Å². The maximum Gasteiger partial charge on any atom is 0.261 e. The normalized spacial score (nSPS) is 14.5. The molecule has 0 spiro atoms. The van der Waals surface area contributed by atoms with E-state index in [1.54, 1.807) is 0 Å².